The second kappa shape index (κ2) is 6.72. The summed E-state index contributed by atoms with van der Waals surface area (Å²) in [5.41, 5.74) is 2.41. The van der Waals surface area contributed by atoms with Crippen molar-refractivity contribution in [1.82, 2.24) is 0 Å². The number of alkyl halides is 2. The summed E-state index contributed by atoms with van der Waals surface area (Å²) >= 11 is 11.4. The van der Waals surface area contributed by atoms with Gasteiger partial charge in [0, 0.05) is 24.3 Å². The molecule has 18 heavy (non-hydrogen) atoms. The molecular formula is C14H16Cl2N2+2. The summed E-state index contributed by atoms with van der Waals surface area (Å²) in [7, 11) is 0. The zero-order valence-corrected chi connectivity index (χ0v) is 11.6. The van der Waals surface area contributed by atoms with Crippen LogP contribution in [0.2, 0.25) is 0 Å². The normalized spacial score (nSPS) is 10.6. The molecule has 0 aliphatic heterocycles. The molecule has 0 N–H and O–H groups in total. The number of rotatable bonds is 5. The number of pyridine rings is 2. The van der Waals surface area contributed by atoms with Crippen LogP contribution in [0.3, 0.4) is 0 Å². The van der Waals surface area contributed by atoms with E-state index in [1.54, 1.807) is 0 Å². The van der Waals surface area contributed by atoms with Crippen molar-refractivity contribution in [2.75, 3.05) is 11.8 Å². The molecule has 0 bridgehead atoms. The first kappa shape index (κ1) is 13.3. The predicted octanol–water partition coefficient (Wildman–Crippen LogP) is 2.41. The highest BCUT2D eigenvalue weighted by Crippen LogP contribution is 2.15. The standard InChI is InChI=1S/C14H16Cl2N2/c15-5-11-17-7-1-13(2-8-17)14-3-9-18(10-4-14)12-6-16/h1-4,7-10H,5-6,11-12H2/q+2. The summed E-state index contributed by atoms with van der Waals surface area (Å²) in [6, 6.07) is 8.42. The molecule has 0 atom stereocenters. The van der Waals surface area contributed by atoms with E-state index in [-0.39, 0.29) is 0 Å². The van der Waals surface area contributed by atoms with Crippen LogP contribution in [0.15, 0.2) is 49.1 Å². The van der Waals surface area contributed by atoms with Gasteiger partial charge in [-0.25, -0.2) is 9.13 Å². The fraction of sp³-hybridized carbons (Fsp3) is 0.286. The van der Waals surface area contributed by atoms with Crippen LogP contribution in [0.5, 0.6) is 0 Å². The van der Waals surface area contributed by atoms with Gasteiger partial charge in [-0.15, -0.1) is 23.2 Å². The van der Waals surface area contributed by atoms with Gasteiger partial charge in [0.05, 0.1) is 11.8 Å². The van der Waals surface area contributed by atoms with Crippen molar-refractivity contribution in [2.24, 2.45) is 0 Å². The van der Waals surface area contributed by atoms with Gasteiger partial charge in [-0.3, -0.25) is 0 Å². The average Bonchev–Trinajstić information content (AvgIpc) is 2.41. The summed E-state index contributed by atoms with van der Waals surface area (Å²) < 4.78 is 4.15. The second-order valence-electron chi connectivity index (χ2n) is 4.03. The van der Waals surface area contributed by atoms with Crippen LogP contribution in [0, 0.1) is 0 Å². The van der Waals surface area contributed by atoms with E-state index in [0.29, 0.717) is 11.8 Å². The summed E-state index contributed by atoms with van der Waals surface area (Å²) in [6.07, 6.45) is 8.21. The van der Waals surface area contributed by atoms with Crippen LogP contribution in [-0.4, -0.2) is 11.8 Å². The van der Waals surface area contributed by atoms with Crippen molar-refractivity contribution in [3.05, 3.63) is 49.1 Å². The van der Waals surface area contributed by atoms with Crippen LogP contribution >= 0.6 is 23.2 Å². The van der Waals surface area contributed by atoms with Crippen LogP contribution in [-0.2, 0) is 13.1 Å². The van der Waals surface area contributed by atoms with Crippen LogP contribution < -0.4 is 9.13 Å². The third kappa shape index (κ3) is 3.44. The Bertz CT molecular complexity index is 433. The number of aryl methyl sites for hydroxylation is 2. The molecule has 0 aliphatic carbocycles. The molecular weight excluding hydrogens is 267 g/mol. The maximum atomic E-state index is 5.71. The topological polar surface area (TPSA) is 7.76 Å². The Kier molecular flexibility index (Phi) is 4.97. The minimum atomic E-state index is 0.633. The van der Waals surface area contributed by atoms with Gasteiger partial charge in [-0.2, -0.15) is 0 Å². The first-order valence-electron chi connectivity index (χ1n) is 5.94. The van der Waals surface area contributed by atoms with Crippen LogP contribution in [0.1, 0.15) is 0 Å². The maximum absolute atomic E-state index is 5.71. The number of aromatic nitrogens is 2. The smallest absolute Gasteiger partial charge is 0.169 e. The number of nitrogens with zero attached hydrogens (tertiary/aromatic N) is 2. The average molecular weight is 283 g/mol. The zero-order valence-electron chi connectivity index (χ0n) is 10.1. The molecule has 0 aliphatic rings. The van der Waals surface area contributed by atoms with Crippen molar-refractivity contribution in [1.29, 1.82) is 0 Å². The first-order valence-corrected chi connectivity index (χ1v) is 7.01. The van der Waals surface area contributed by atoms with Crippen molar-refractivity contribution in [3.63, 3.8) is 0 Å². The van der Waals surface area contributed by atoms with Gasteiger partial charge in [0.15, 0.2) is 37.9 Å². The van der Waals surface area contributed by atoms with Crippen molar-refractivity contribution in [2.45, 2.75) is 13.1 Å². The van der Waals surface area contributed by atoms with Gasteiger partial charge in [0.25, 0.3) is 0 Å². The summed E-state index contributed by atoms with van der Waals surface area (Å²) in [5.74, 6) is 1.27. The summed E-state index contributed by atoms with van der Waals surface area (Å²) in [6.45, 7) is 1.68. The van der Waals surface area contributed by atoms with Gasteiger partial charge >= 0.3 is 0 Å². The van der Waals surface area contributed by atoms with Gasteiger partial charge in [0.2, 0.25) is 0 Å². The molecule has 0 amide bonds. The monoisotopic (exact) mass is 282 g/mol. The Morgan fingerprint density at radius 3 is 1.28 bits per heavy atom. The molecule has 2 aromatic rings. The van der Waals surface area contributed by atoms with Crippen molar-refractivity contribution >= 4 is 23.2 Å². The largest absolute Gasteiger partial charge is 0.204 e. The molecule has 0 aromatic carbocycles. The summed E-state index contributed by atoms with van der Waals surface area (Å²) in [4.78, 5) is 0. The van der Waals surface area contributed by atoms with Gasteiger partial charge < -0.3 is 0 Å². The Labute approximate surface area is 117 Å². The molecule has 2 rings (SSSR count). The molecule has 0 fully saturated rings. The molecule has 2 nitrogen and oxygen atoms in total. The van der Waals surface area contributed by atoms with E-state index in [0.717, 1.165) is 13.1 Å². The Balaban J connectivity index is 2.15. The maximum Gasteiger partial charge on any atom is 0.169 e. The van der Waals surface area contributed by atoms with E-state index in [2.05, 4.69) is 58.2 Å². The molecule has 94 valence electrons. The third-order valence-electron chi connectivity index (χ3n) is 2.80. The van der Waals surface area contributed by atoms with Crippen molar-refractivity contribution in [3.8, 4) is 11.1 Å². The minimum Gasteiger partial charge on any atom is -0.204 e. The molecule has 0 unspecified atom stereocenters. The lowest BCUT2D eigenvalue weighted by atomic mass is 10.1. The van der Waals surface area contributed by atoms with Gasteiger partial charge in [-0.1, -0.05) is 0 Å². The second-order valence-corrected chi connectivity index (χ2v) is 4.78. The predicted molar refractivity (Wildman–Crippen MR) is 73.7 cm³/mol. The molecule has 4 heteroatoms. The van der Waals surface area contributed by atoms with E-state index in [1.807, 2.05) is 0 Å². The van der Waals surface area contributed by atoms with Gasteiger partial charge in [-0.05, 0) is 11.1 Å². The molecule has 0 spiro atoms. The molecule has 2 aromatic heterocycles. The SMILES string of the molecule is ClCC[n+]1ccc(-c2cc[n+](CCCl)cc2)cc1. The van der Waals surface area contributed by atoms with Crippen LogP contribution in [0.25, 0.3) is 11.1 Å². The van der Waals surface area contributed by atoms with E-state index in [1.165, 1.54) is 11.1 Å². The third-order valence-corrected chi connectivity index (χ3v) is 3.14. The lowest BCUT2D eigenvalue weighted by Crippen LogP contribution is -2.33. The molecule has 0 saturated heterocycles. The minimum absolute atomic E-state index is 0.633. The lowest BCUT2D eigenvalue weighted by molar-refractivity contribution is -0.693. The quantitative estimate of drug-likeness (QED) is 0.588. The lowest BCUT2D eigenvalue weighted by Gasteiger charge is -2.00. The van der Waals surface area contributed by atoms with Crippen molar-refractivity contribution < 1.29 is 9.13 Å². The van der Waals surface area contributed by atoms with E-state index >= 15 is 0 Å². The summed E-state index contributed by atoms with van der Waals surface area (Å²) in [5, 5.41) is 0. The Morgan fingerprint density at radius 2 is 1.00 bits per heavy atom. The first-order chi connectivity index (χ1) is 8.83. The van der Waals surface area contributed by atoms with Crippen LogP contribution in [0.4, 0.5) is 0 Å². The molecule has 2 heterocycles. The van der Waals surface area contributed by atoms with Gasteiger partial charge in [0.1, 0.15) is 0 Å². The van der Waals surface area contributed by atoms with E-state index < -0.39 is 0 Å². The molecule has 0 saturated carbocycles. The Hall–Kier alpha value is -1.12. The van der Waals surface area contributed by atoms with E-state index in [4.69, 9.17) is 23.2 Å². The number of halogens is 2. The highest BCUT2D eigenvalue weighted by molar-refractivity contribution is 6.17. The highest BCUT2D eigenvalue weighted by Gasteiger charge is 2.04. The van der Waals surface area contributed by atoms with E-state index in [9.17, 15) is 0 Å². The fourth-order valence-electron chi connectivity index (χ4n) is 1.79. The highest BCUT2D eigenvalue weighted by atomic mass is 35.5. The number of hydrogen-bond acceptors (Lipinski definition) is 0. The molecule has 0 radical (unpaired) electrons. The zero-order chi connectivity index (χ0) is 12.8. The fourth-order valence-corrected chi connectivity index (χ4v) is 2.18. The number of hydrogen-bond donors (Lipinski definition) is 0. The Morgan fingerprint density at radius 1 is 0.667 bits per heavy atom.